The number of nitrogens with two attached hydrogens (primary N) is 1. The first-order valence-corrected chi connectivity index (χ1v) is 6.91. The van der Waals surface area contributed by atoms with Crippen molar-refractivity contribution < 1.29 is 14.3 Å². The van der Waals surface area contributed by atoms with E-state index < -0.39 is 11.5 Å². The van der Waals surface area contributed by atoms with Gasteiger partial charge in [0.05, 0.1) is 12.9 Å². The summed E-state index contributed by atoms with van der Waals surface area (Å²) in [5.41, 5.74) is 5.61. The molecule has 1 rings (SSSR count). The number of hydrogen-bond donors (Lipinski definition) is 2. The van der Waals surface area contributed by atoms with Crippen molar-refractivity contribution in [2.45, 2.75) is 5.54 Å². The van der Waals surface area contributed by atoms with Crippen molar-refractivity contribution in [3.05, 3.63) is 35.9 Å². The molecule has 0 aliphatic heterocycles. The van der Waals surface area contributed by atoms with E-state index in [-0.39, 0.29) is 17.4 Å². The van der Waals surface area contributed by atoms with Gasteiger partial charge >= 0.3 is 5.97 Å². The van der Waals surface area contributed by atoms with Crippen molar-refractivity contribution in [2.75, 3.05) is 25.7 Å². The standard InChI is InChI=1S/C13H18N2O3S/c1-15-11(16)8-19-9-13(14,12(17)18-2)10-6-4-3-5-7-10/h3-7H,8-9,14H2,1-2H3,(H,15,16). The molecule has 104 valence electrons. The van der Waals surface area contributed by atoms with Crippen LogP contribution in [0, 0.1) is 0 Å². The van der Waals surface area contributed by atoms with Crippen LogP contribution < -0.4 is 11.1 Å². The monoisotopic (exact) mass is 282 g/mol. The first-order valence-electron chi connectivity index (χ1n) is 5.75. The van der Waals surface area contributed by atoms with Crippen LogP contribution in [-0.4, -0.2) is 37.5 Å². The van der Waals surface area contributed by atoms with E-state index in [1.165, 1.54) is 18.9 Å². The number of amides is 1. The van der Waals surface area contributed by atoms with Gasteiger partial charge in [-0.3, -0.25) is 4.79 Å². The Kier molecular flexibility index (Phi) is 5.85. The van der Waals surface area contributed by atoms with Gasteiger partial charge in [-0.1, -0.05) is 30.3 Å². The molecule has 5 nitrogen and oxygen atoms in total. The normalized spacial score (nSPS) is 13.4. The Morgan fingerprint density at radius 3 is 2.53 bits per heavy atom. The number of carbonyl (C=O) groups excluding carboxylic acids is 2. The summed E-state index contributed by atoms with van der Waals surface area (Å²) < 4.78 is 4.78. The average Bonchev–Trinajstić information content (AvgIpc) is 2.46. The lowest BCUT2D eigenvalue weighted by Gasteiger charge is -2.26. The number of hydrogen-bond acceptors (Lipinski definition) is 5. The third kappa shape index (κ3) is 3.97. The molecule has 3 N–H and O–H groups in total. The third-order valence-corrected chi connectivity index (χ3v) is 3.81. The van der Waals surface area contributed by atoms with Crippen LogP contribution >= 0.6 is 11.8 Å². The molecule has 0 aliphatic rings. The summed E-state index contributed by atoms with van der Waals surface area (Å²) >= 11 is 1.29. The van der Waals surface area contributed by atoms with Gasteiger partial charge < -0.3 is 15.8 Å². The minimum absolute atomic E-state index is 0.106. The molecular weight excluding hydrogens is 264 g/mol. The van der Waals surface area contributed by atoms with Crippen LogP contribution in [0.4, 0.5) is 0 Å². The van der Waals surface area contributed by atoms with Crippen molar-refractivity contribution in [2.24, 2.45) is 5.73 Å². The lowest BCUT2D eigenvalue weighted by Crippen LogP contribution is -2.48. The van der Waals surface area contributed by atoms with E-state index in [2.05, 4.69) is 5.32 Å². The van der Waals surface area contributed by atoms with E-state index in [0.717, 1.165) is 0 Å². The maximum atomic E-state index is 11.9. The fraction of sp³-hybridized carbons (Fsp3) is 0.385. The zero-order valence-electron chi connectivity index (χ0n) is 11.0. The highest BCUT2D eigenvalue weighted by atomic mass is 32.2. The van der Waals surface area contributed by atoms with Gasteiger partial charge in [-0.05, 0) is 5.56 Å². The Balaban J connectivity index is 2.83. The van der Waals surface area contributed by atoms with Gasteiger partial charge in [-0.15, -0.1) is 11.8 Å². The Hall–Kier alpha value is -1.53. The number of ether oxygens (including phenoxy) is 1. The number of nitrogens with one attached hydrogen (secondary N) is 1. The molecule has 0 saturated heterocycles. The second-order valence-corrected chi connectivity index (χ2v) is 4.98. The summed E-state index contributed by atoms with van der Waals surface area (Å²) in [7, 11) is 2.87. The van der Waals surface area contributed by atoms with Crippen LogP contribution in [0.25, 0.3) is 0 Å². The first kappa shape index (κ1) is 15.5. The fourth-order valence-electron chi connectivity index (χ4n) is 1.55. The molecule has 1 atom stereocenters. The molecule has 0 radical (unpaired) electrons. The van der Waals surface area contributed by atoms with Gasteiger partial charge in [0.25, 0.3) is 0 Å². The molecule has 0 saturated carbocycles. The number of methoxy groups -OCH3 is 1. The molecule has 0 aromatic heterocycles. The topological polar surface area (TPSA) is 81.4 Å². The van der Waals surface area contributed by atoms with Gasteiger partial charge in [0, 0.05) is 12.8 Å². The van der Waals surface area contributed by atoms with E-state index in [9.17, 15) is 9.59 Å². The maximum absolute atomic E-state index is 11.9. The number of thioether (sulfide) groups is 1. The van der Waals surface area contributed by atoms with Crippen LogP contribution in [0.3, 0.4) is 0 Å². The predicted molar refractivity (Wildman–Crippen MR) is 75.7 cm³/mol. The highest BCUT2D eigenvalue weighted by molar-refractivity contribution is 8.00. The molecule has 19 heavy (non-hydrogen) atoms. The second kappa shape index (κ2) is 7.16. The van der Waals surface area contributed by atoms with Crippen LogP contribution in [0.1, 0.15) is 5.56 Å². The lowest BCUT2D eigenvalue weighted by molar-refractivity contribution is -0.146. The van der Waals surface area contributed by atoms with Crippen LogP contribution in [0.5, 0.6) is 0 Å². The Labute approximate surface area is 116 Å². The molecular formula is C13H18N2O3S. The highest BCUT2D eigenvalue weighted by Gasteiger charge is 2.37. The lowest BCUT2D eigenvalue weighted by atomic mass is 9.93. The zero-order valence-corrected chi connectivity index (χ0v) is 11.8. The van der Waals surface area contributed by atoms with Crippen molar-refractivity contribution >= 4 is 23.6 Å². The first-order chi connectivity index (χ1) is 9.04. The van der Waals surface area contributed by atoms with E-state index >= 15 is 0 Å². The van der Waals surface area contributed by atoms with E-state index in [4.69, 9.17) is 10.5 Å². The molecule has 1 amide bonds. The molecule has 0 spiro atoms. The van der Waals surface area contributed by atoms with Gasteiger partial charge in [0.15, 0.2) is 0 Å². The Bertz CT molecular complexity index is 439. The highest BCUT2D eigenvalue weighted by Crippen LogP contribution is 2.24. The summed E-state index contributed by atoms with van der Waals surface area (Å²) in [6.07, 6.45) is 0. The number of rotatable bonds is 6. The second-order valence-electron chi connectivity index (χ2n) is 3.99. The molecule has 6 heteroatoms. The van der Waals surface area contributed by atoms with Crippen LogP contribution in [0.2, 0.25) is 0 Å². The van der Waals surface area contributed by atoms with Crippen molar-refractivity contribution in [1.29, 1.82) is 0 Å². The van der Waals surface area contributed by atoms with Crippen molar-refractivity contribution in [3.63, 3.8) is 0 Å². The molecule has 1 unspecified atom stereocenters. The molecule has 0 fully saturated rings. The van der Waals surface area contributed by atoms with E-state index in [0.29, 0.717) is 5.56 Å². The quantitative estimate of drug-likeness (QED) is 0.742. The predicted octanol–water partition coefficient (Wildman–Crippen LogP) is 0.493. The van der Waals surface area contributed by atoms with Gasteiger partial charge in [-0.25, -0.2) is 4.79 Å². The minimum Gasteiger partial charge on any atom is -0.467 e. The molecule has 0 bridgehead atoms. The SMILES string of the molecule is CNC(=O)CSCC(N)(C(=O)OC)c1ccccc1. The minimum atomic E-state index is -1.24. The van der Waals surface area contributed by atoms with Gasteiger partial charge in [0.2, 0.25) is 5.91 Å². The van der Waals surface area contributed by atoms with Gasteiger partial charge in [-0.2, -0.15) is 0 Å². The summed E-state index contributed by atoms with van der Waals surface area (Å²) in [6, 6.07) is 9.01. The molecule has 0 heterocycles. The largest absolute Gasteiger partial charge is 0.467 e. The number of esters is 1. The molecule has 0 aliphatic carbocycles. The van der Waals surface area contributed by atoms with Crippen molar-refractivity contribution in [3.8, 4) is 0 Å². The fourth-order valence-corrected chi connectivity index (χ4v) is 2.59. The van der Waals surface area contributed by atoms with Crippen LogP contribution in [0.15, 0.2) is 30.3 Å². The van der Waals surface area contributed by atoms with Crippen molar-refractivity contribution in [1.82, 2.24) is 5.32 Å². The summed E-state index contributed by atoms with van der Waals surface area (Å²) in [5, 5.41) is 2.52. The zero-order chi connectivity index (χ0) is 14.3. The molecule has 1 aromatic rings. The van der Waals surface area contributed by atoms with Crippen LogP contribution in [-0.2, 0) is 19.9 Å². The Morgan fingerprint density at radius 2 is 2.00 bits per heavy atom. The summed E-state index contributed by atoms with van der Waals surface area (Å²) in [4.78, 5) is 23.1. The summed E-state index contributed by atoms with van der Waals surface area (Å²) in [5.74, 6) is -0.0930. The smallest absolute Gasteiger partial charge is 0.331 e. The number of carbonyl (C=O) groups is 2. The molecule has 1 aromatic carbocycles. The Morgan fingerprint density at radius 1 is 1.37 bits per heavy atom. The van der Waals surface area contributed by atoms with E-state index in [1.54, 1.807) is 19.2 Å². The summed E-state index contributed by atoms with van der Waals surface area (Å²) in [6.45, 7) is 0. The average molecular weight is 282 g/mol. The van der Waals surface area contributed by atoms with E-state index in [1.807, 2.05) is 18.2 Å². The van der Waals surface area contributed by atoms with Gasteiger partial charge in [0.1, 0.15) is 5.54 Å². The third-order valence-electron chi connectivity index (χ3n) is 2.68. The number of benzene rings is 1. The maximum Gasteiger partial charge on any atom is 0.331 e.